The number of nitrogens with zero attached hydrogens (tertiary/aromatic N) is 2. The summed E-state index contributed by atoms with van der Waals surface area (Å²) in [6.45, 7) is 8.25. The molecule has 7 heteroatoms. The van der Waals surface area contributed by atoms with E-state index in [4.69, 9.17) is 10.5 Å². The van der Waals surface area contributed by atoms with Gasteiger partial charge in [0.1, 0.15) is 10.0 Å². The lowest BCUT2D eigenvalue weighted by atomic mass is 9.79. The molecule has 21 heavy (non-hydrogen) atoms. The molecule has 0 saturated carbocycles. The number of hydrogen-bond acceptors (Lipinski definition) is 6. The number of carbonyl (C=O) groups is 1. The van der Waals surface area contributed by atoms with Crippen LogP contribution in [-0.4, -0.2) is 35.9 Å². The van der Waals surface area contributed by atoms with E-state index in [1.54, 1.807) is 11.3 Å². The van der Waals surface area contributed by atoms with Crippen LogP contribution in [0.2, 0.25) is 0 Å². The molecular formula is C14H24N4O2S. The van der Waals surface area contributed by atoms with Crippen molar-refractivity contribution >= 4 is 17.2 Å². The summed E-state index contributed by atoms with van der Waals surface area (Å²) in [7, 11) is 0. The molecule has 2 heterocycles. The van der Waals surface area contributed by atoms with Gasteiger partial charge >= 0.3 is 0 Å². The first-order valence-electron chi connectivity index (χ1n) is 7.26. The molecule has 2 rings (SSSR count). The van der Waals surface area contributed by atoms with Crippen LogP contribution >= 0.6 is 11.3 Å². The van der Waals surface area contributed by atoms with Gasteiger partial charge in [-0.3, -0.25) is 4.79 Å². The van der Waals surface area contributed by atoms with Gasteiger partial charge < -0.3 is 15.8 Å². The van der Waals surface area contributed by atoms with Gasteiger partial charge in [-0.2, -0.15) is 0 Å². The molecule has 0 aliphatic carbocycles. The summed E-state index contributed by atoms with van der Waals surface area (Å²) in [5.74, 6) is 0.000749. The highest BCUT2D eigenvalue weighted by Crippen LogP contribution is 2.30. The van der Waals surface area contributed by atoms with E-state index in [1.165, 1.54) is 0 Å². The van der Waals surface area contributed by atoms with Crippen molar-refractivity contribution in [2.45, 2.75) is 45.6 Å². The average molecular weight is 312 g/mol. The summed E-state index contributed by atoms with van der Waals surface area (Å²) in [5, 5.41) is 13.1. The molecule has 1 aromatic rings. The number of ether oxygens (including phenoxy) is 1. The quantitative estimate of drug-likeness (QED) is 0.872. The number of carbonyl (C=O) groups excluding carboxylic acids is 1. The topological polar surface area (TPSA) is 90.1 Å². The maximum Gasteiger partial charge on any atom is 0.228 e. The Bertz CT molecular complexity index is 489. The fourth-order valence-corrected chi connectivity index (χ4v) is 3.09. The third kappa shape index (κ3) is 3.78. The molecule has 1 aliphatic rings. The lowest BCUT2D eigenvalue weighted by molar-refractivity contribution is -0.136. The molecule has 1 fully saturated rings. The Morgan fingerprint density at radius 2 is 2.05 bits per heavy atom. The molecule has 1 aromatic heterocycles. The van der Waals surface area contributed by atoms with Crippen molar-refractivity contribution in [1.82, 2.24) is 15.5 Å². The first-order chi connectivity index (χ1) is 9.87. The van der Waals surface area contributed by atoms with Gasteiger partial charge in [-0.1, -0.05) is 32.1 Å². The number of aromatic nitrogens is 2. The van der Waals surface area contributed by atoms with Crippen LogP contribution in [0.5, 0.6) is 0 Å². The molecule has 0 radical (unpaired) electrons. The highest BCUT2D eigenvalue weighted by molar-refractivity contribution is 7.11. The minimum absolute atomic E-state index is 0.000749. The van der Waals surface area contributed by atoms with Crippen LogP contribution in [-0.2, 0) is 21.5 Å². The summed E-state index contributed by atoms with van der Waals surface area (Å²) < 4.78 is 5.32. The summed E-state index contributed by atoms with van der Waals surface area (Å²) in [4.78, 5) is 12.4. The highest BCUT2D eigenvalue weighted by Gasteiger charge is 2.38. The Balaban J connectivity index is 1.95. The molecule has 0 atom stereocenters. The third-order valence-corrected chi connectivity index (χ3v) is 5.18. The van der Waals surface area contributed by atoms with Gasteiger partial charge in [0.15, 0.2) is 0 Å². The van der Waals surface area contributed by atoms with E-state index >= 15 is 0 Å². The largest absolute Gasteiger partial charge is 0.381 e. The Labute approximate surface area is 129 Å². The zero-order chi connectivity index (χ0) is 15.5. The fourth-order valence-electron chi connectivity index (χ4n) is 2.26. The minimum Gasteiger partial charge on any atom is -0.381 e. The third-order valence-electron chi connectivity index (χ3n) is 3.83. The van der Waals surface area contributed by atoms with Gasteiger partial charge in [0, 0.05) is 25.2 Å². The lowest BCUT2D eigenvalue weighted by Gasteiger charge is -2.34. The molecule has 1 aliphatic heterocycles. The number of nitrogens with one attached hydrogen (secondary N) is 1. The summed E-state index contributed by atoms with van der Waals surface area (Å²) >= 11 is 1.54. The number of rotatable bonds is 4. The van der Waals surface area contributed by atoms with Crippen LogP contribution in [0.15, 0.2) is 0 Å². The van der Waals surface area contributed by atoms with E-state index in [9.17, 15) is 4.79 Å². The molecule has 1 amide bonds. The molecule has 6 nitrogen and oxygen atoms in total. The van der Waals surface area contributed by atoms with Gasteiger partial charge in [0.05, 0.1) is 12.0 Å². The van der Waals surface area contributed by atoms with Crippen LogP contribution in [0.1, 0.15) is 43.6 Å². The van der Waals surface area contributed by atoms with Crippen molar-refractivity contribution in [1.29, 1.82) is 0 Å². The maximum atomic E-state index is 12.4. The van der Waals surface area contributed by atoms with E-state index in [1.807, 2.05) is 0 Å². The van der Waals surface area contributed by atoms with Crippen molar-refractivity contribution < 1.29 is 9.53 Å². The van der Waals surface area contributed by atoms with E-state index in [0.29, 0.717) is 39.1 Å². The Hall–Kier alpha value is -1.05. The first kappa shape index (κ1) is 16.3. The van der Waals surface area contributed by atoms with Gasteiger partial charge in [-0.05, 0) is 12.8 Å². The molecule has 1 saturated heterocycles. The van der Waals surface area contributed by atoms with Gasteiger partial charge in [-0.15, -0.1) is 10.2 Å². The standard InChI is InChI=1S/C14H24N4O2S/c1-13(2,3)12-18-17-10(21-12)8-16-11(19)14(9-15)4-6-20-7-5-14/h4-9,15H2,1-3H3,(H,16,19). The Morgan fingerprint density at radius 1 is 1.38 bits per heavy atom. The molecule has 0 aromatic carbocycles. The van der Waals surface area contributed by atoms with E-state index in [-0.39, 0.29) is 11.3 Å². The normalized spacial score (nSPS) is 18.5. The molecule has 3 N–H and O–H groups in total. The van der Waals surface area contributed by atoms with Gasteiger partial charge in [0.25, 0.3) is 0 Å². The molecule has 118 valence electrons. The van der Waals surface area contributed by atoms with Crippen LogP contribution < -0.4 is 11.1 Å². The van der Waals surface area contributed by atoms with Crippen molar-refractivity contribution in [3.05, 3.63) is 10.0 Å². The van der Waals surface area contributed by atoms with E-state index in [2.05, 4.69) is 36.3 Å². The predicted octanol–water partition coefficient (Wildman–Crippen LogP) is 1.21. The summed E-state index contributed by atoms with van der Waals surface area (Å²) in [6, 6.07) is 0. The summed E-state index contributed by atoms with van der Waals surface area (Å²) in [5.41, 5.74) is 5.32. The van der Waals surface area contributed by atoms with Crippen molar-refractivity contribution in [3.8, 4) is 0 Å². The molecule has 0 unspecified atom stereocenters. The van der Waals surface area contributed by atoms with E-state index < -0.39 is 5.41 Å². The molecular weight excluding hydrogens is 288 g/mol. The summed E-state index contributed by atoms with van der Waals surface area (Å²) in [6.07, 6.45) is 1.36. The van der Waals surface area contributed by atoms with Gasteiger partial charge in [-0.25, -0.2) is 0 Å². The zero-order valence-electron chi connectivity index (χ0n) is 12.9. The van der Waals surface area contributed by atoms with Crippen LogP contribution in [0.25, 0.3) is 0 Å². The smallest absolute Gasteiger partial charge is 0.228 e. The monoisotopic (exact) mass is 312 g/mol. The van der Waals surface area contributed by atoms with Crippen molar-refractivity contribution in [3.63, 3.8) is 0 Å². The lowest BCUT2D eigenvalue weighted by Crippen LogP contribution is -2.48. The van der Waals surface area contributed by atoms with Gasteiger partial charge in [0.2, 0.25) is 5.91 Å². The second-order valence-electron chi connectivity index (χ2n) is 6.53. The van der Waals surface area contributed by atoms with Crippen molar-refractivity contribution in [2.24, 2.45) is 11.1 Å². The maximum absolute atomic E-state index is 12.4. The zero-order valence-corrected chi connectivity index (χ0v) is 13.8. The number of amides is 1. The van der Waals surface area contributed by atoms with Crippen molar-refractivity contribution in [2.75, 3.05) is 19.8 Å². The predicted molar refractivity (Wildman–Crippen MR) is 82.0 cm³/mol. The molecule has 0 bridgehead atoms. The minimum atomic E-state index is -0.490. The Morgan fingerprint density at radius 3 is 2.57 bits per heavy atom. The average Bonchev–Trinajstić information content (AvgIpc) is 2.94. The fraction of sp³-hybridized carbons (Fsp3) is 0.786. The van der Waals surface area contributed by atoms with E-state index in [0.717, 1.165) is 10.0 Å². The van der Waals surface area contributed by atoms with Crippen LogP contribution in [0.4, 0.5) is 0 Å². The second-order valence-corrected chi connectivity index (χ2v) is 7.59. The first-order valence-corrected chi connectivity index (χ1v) is 8.08. The van der Waals surface area contributed by atoms with Crippen LogP contribution in [0.3, 0.4) is 0 Å². The highest BCUT2D eigenvalue weighted by atomic mass is 32.1. The SMILES string of the molecule is CC(C)(C)c1nnc(CNC(=O)C2(CN)CCOCC2)s1. The second kappa shape index (κ2) is 6.37. The number of hydrogen-bond donors (Lipinski definition) is 2. The number of nitrogens with two attached hydrogens (primary N) is 1. The molecule has 0 spiro atoms. The van der Waals surface area contributed by atoms with Crippen LogP contribution in [0, 0.1) is 5.41 Å². The Kier molecular flexibility index (Phi) is 4.95.